The van der Waals surface area contributed by atoms with Crippen molar-refractivity contribution in [2.24, 2.45) is 11.5 Å². The number of hydrogen-bond acceptors (Lipinski definition) is 8. The van der Waals surface area contributed by atoms with Gasteiger partial charge in [-0.2, -0.15) is 0 Å². The molecule has 0 spiro atoms. The number of nitrogens with two attached hydrogens (primary N) is 2. The second-order valence-electron chi connectivity index (χ2n) is 8.42. The molecule has 1 rings (SSSR count). The number of aliphatic carboxylic acids is 2. The topological polar surface area (TPSA) is 251 Å². The molecular formula is C23H33N5O9. The molecule has 0 aromatic heterocycles. The summed E-state index contributed by atoms with van der Waals surface area (Å²) in [6, 6.07) is 2.80. The lowest BCUT2D eigenvalue weighted by Gasteiger charge is -2.25. The van der Waals surface area contributed by atoms with E-state index in [9.17, 15) is 39.0 Å². The molecule has 0 aliphatic heterocycles. The average molecular weight is 524 g/mol. The summed E-state index contributed by atoms with van der Waals surface area (Å²) < 4.78 is 0. The van der Waals surface area contributed by atoms with Crippen LogP contribution in [0.4, 0.5) is 0 Å². The first-order valence-corrected chi connectivity index (χ1v) is 11.4. The molecule has 1 aromatic carbocycles. The highest BCUT2D eigenvalue weighted by Gasteiger charge is 2.32. The molecule has 4 amide bonds. The monoisotopic (exact) mass is 523 g/mol. The van der Waals surface area contributed by atoms with Gasteiger partial charge in [-0.05, 0) is 25.3 Å². The van der Waals surface area contributed by atoms with Gasteiger partial charge in [0.05, 0.1) is 12.1 Å². The molecule has 0 bridgehead atoms. The van der Waals surface area contributed by atoms with Crippen LogP contribution in [-0.2, 0) is 35.2 Å². The lowest BCUT2D eigenvalue weighted by atomic mass is 10.0. The average Bonchev–Trinajstić information content (AvgIpc) is 2.82. The Morgan fingerprint density at radius 2 is 1.41 bits per heavy atom. The molecule has 0 radical (unpaired) electrons. The van der Waals surface area contributed by atoms with Crippen molar-refractivity contribution in [1.82, 2.24) is 16.0 Å². The van der Waals surface area contributed by atoms with Crippen LogP contribution in [-0.4, -0.2) is 81.2 Å². The van der Waals surface area contributed by atoms with Crippen molar-refractivity contribution in [2.45, 2.75) is 69.3 Å². The molecule has 0 aliphatic carbocycles. The van der Waals surface area contributed by atoms with E-state index in [0.29, 0.717) is 5.56 Å². The number of aliphatic hydroxyl groups is 1. The Morgan fingerprint density at radius 3 is 1.92 bits per heavy atom. The first kappa shape index (κ1) is 31.0. The molecule has 1 aromatic rings. The number of carbonyl (C=O) groups is 6. The van der Waals surface area contributed by atoms with Crippen molar-refractivity contribution in [1.29, 1.82) is 0 Å². The zero-order valence-corrected chi connectivity index (χ0v) is 20.3. The summed E-state index contributed by atoms with van der Waals surface area (Å²) >= 11 is 0. The third kappa shape index (κ3) is 11.5. The standard InChI is InChI=1S/C23H33N5O9/c1-12(29)19(23(36)37)28-22(35)16(11-13-5-3-2-4-6-13)27-21(34)15(8-10-18(31)32)26-20(33)14(24)7-9-17(25)30/h2-6,12,14-16,19,29H,7-11,24H2,1H3,(H2,25,30)(H,26,33)(H,27,34)(H,28,35)(H,31,32)(H,36,37). The first-order chi connectivity index (χ1) is 17.3. The molecule has 10 N–H and O–H groups in total. The fraction of sp³-hybridized carbons (Fsp3) is 0.478. The number of aliphatic hydroxyl groups excluding tert-OH is 1. The summed E-state index contributed by atoms with van der Waals surface area (Å²) in [5.74, 6) is -6.11. The summed E-state index contributed by atoms with van der Waals surface area (Å²) in [5, 5.41) is 34.9. The van der Waals surface area contributed by atoms with E-state index >= 15 is 0 Å². The van der Waals surface area contributed by atoms with E-state index in [0.717, 1.165) is 0 Å². The minimum Gasteiger partial charge on any atom is -0.481 e. The summed E-state index contributed by atoms with van der Waals surface area (Å²) in [4.78, 5) is 71.9. The number of hydrogen-bond donors (Lipinski definition) is 8. The minimum atomic E-state index is -1.66. The van der Waals surface area contributed by atoms with Crippen molar-refractivity contribution >= 4 is 35.6 Å². The molecule has 0 aliphatic rings. The van der Waals surface area contributed by atoms with Crippen molar-refractivity contribution in [3.63, 3.8) is 0 Å². The Labute approximate surface area is 212 Å². The zero-order chi connectivity index (χ0) is 28.1. The molecule has 204 valence electrons. The van der Waals surface area contributed by atoms with Crippen LogP contribution in [0.25, 0.3) is 0 Å². The van der Waals surface area contributed by atoms with E-state index in [-0.39, 0.29) is 25.7 Å². The molecule has 0 heterocycles. The molecule has 5 atom stereocenters. The molecule has 14 heteroatoms. The third-order valence-electron chi connectivity index (χ3n) is 5.28. The molecule has 37 heavy (non-hydrogen) atoms. The number of carboxylic acid groups (broad SMARTS) is 2. The van der Waals surface area contributed by atoms with Crippen molar-refractivity contribution in [2.75, 3.05) is 0 Å². The zero-order valence-electron chi connectivity index (χ0n) is 20.3. The maximum absolute atomic E-state index is 13.1. The smallest absolute Gasteiger partial charge is 0.328 e. The largest absolute Gasteiger partial charge is 0.481 e. The van der Waals surface area contributed by atoms with Gasteiger partial charge in [0.1, 0.15) is 12.1 Å². The van der Waals surface area contributed by atoms with Crippen LogP contribution in [0.3, 0.4) is 0 Å². The van der Waals surface area contributed by atoms with Crippen molar-refractivity contribution in [3.05, 3.63) is 35.9 Å². The SMILES string of the molecule is CC(O)C(NC(=O)C(Cc1ccccc1)NC(=O)C(CCC(=O)O)NC(=O)C(N)CCC(N)=O)C(=O)O. The van der Waals surface area contributed by atoms with Gasteiger partial charge in [0.15, 0.2) is 6.04 Å². The van der Waals surface area contributed by atoms with E-state index in [1.165, 1.54) is 6.92 Å². The fourth-order valence-corrected chi connectivity index (χ4v) is 3.22. The Bertz CT molecular complexity index is 971. The van der Waals surface area contributed by atoms with Gasteiger partial charge in [0, 0.05) is 19.3 Å². The Kier molecular flexibility index (Phi) is 12.7. The van der Waals surface area contributed by atoms with Gasteiger partial charge >= 0.3 is 11.9 Å². The maximum Gasteiger partial charge on any atom is 0.328 e. The van der Waals surface area contributed by atoms with E-state index in [2.05, 4.69) is 16.0 Å². The number of benzene rings is 1. The third-order valence-corrected chi connectivity index (χ3v) is 5.28. The molecule has 0 saturated carbocycles. The number of carboxylic acids is 2. The number of primary amides is 1. The summed E-state index contributed by atoms with van der Waals surface area (Å²) in [6.45, 7) is 1.17. The second-order valence-corrected chi connectivity index (χ2v) is 8.42. The molecule has 14 nitrogen and oxygen atoms in total. The maximum atomic E-state index is 13.1. The van der Waals surface area contributed by atoms with E-state index in [1.54, 1.807) is 30.3 Å². The van der Waals surface area contributed by atoms with Crippen LogP contribution in [0.2, 0.25) is 0 Å². The van der Waals surface area contributed by atoms with Crippen molar-refractivity contribution in [3.8, 4) is 0 Å². The van der Waals surface area contributed by atoms with Crippen LogP contribution >= 0.6 is 0 Å². The highest BCUT2D eigenvalue weighted by Crippen LogP contribution is 2.07. The second kappa shape index (κ2) is 15.2. The Morgan fingerprint density at radius 1 is 0.838 bits per heavy atom. The van der Waals surface area contributed by atoms with Crippen LogP contribution < -0.4 is 27.4 Å². The number of nitrogens with one attached hydrogen (secondary N) is 3. The van der Waals surface area contributed by atoms with E-state index in [1.807, 2.05) is 0 Å². The lowest BCUT2D eigenvalue weighted by Crippen LogP contribution is -2.58. The first-order valence-electron chi connectivity index (χ1n) is 11.4. The van der Waals surface area contributed by atoms with Crippen LogP contribution in [0.15, 0.2) is 30.3 Å². The summed E-state index contributed by atoms with van der Waals surface area (Å²) in [6.07, 6.45) is -2.67. The van der Waals surface area contributed by atoms with Gasteiger partial charge in [0.25, 0.3) is 0 Å². The summed E-state index contributed by atoms with van der Waals surface area (Å²) in [5.41, 5.74) is 11.4. The van der Waals surface area contributed by atoms with Gasteiger partial charge in [-0.15, -0.1) is 0 Å². The molecule has 0 saturated heterocycles. The predicted molar refractivity (Wildman–Crippen MR) is 129 cm³/mol. The number of rotatable bonds is 16. The quantitative estimate of drug-likeness (QED) is 0.114. The predicted octanol–water partition coefficient (Wildman–Crippen LogP) is -2.39. The van der Waals surface area contributed by atoms with Gasteiger partial charge in [0.2, 0.25) is 23.6 Å². The van der Waals surface area contributed by atoms with Gasteiger partial charge in [-0.3, -0.25) is 24.0 Å². The van der Waals surface area contributed by atoms with Crippen molar-refractivity contribution < 1.29 is 44.1 Å². The highest BCUT2D eigenvalue weighted by molar-refractivity contribution is 5.94. The highest BCUT2D eigenvalue weighted by atomic mass is 16.4. The molecule has 5 unspecified atom stereocenters. The number of carbonyl (C=O) groups excluding carboxylic acids is 4. The van der Waals surface area contributed by atoms with Crippen LogP contribution in [0.5, 0.6) is 0 Å². The van der Waals surface area contributed by atoms with Crippen LogP contribution in [0, 0.1) is 0 Å². The molecule has 0 fully saturated rings. The van der Waals surface area contributed by atoms with E-state index in [4.69, 9.17) is 16.6 Å². The Balaban J connectivity index is 3.12. The Hall–Kier alpha value is -4.04. The van der Waals surface area contributed by atoms with Gasteiger partial charge in [-0.25, -0.2) is 4.79 Å². The van der Waals surface area contributed by atoms with Crippen LogP contribution in [0.1, 0.15) is 38.2 Å². The van der Waals surface area contributed by atoms with Gasteiger partial charge in [-0.1, -0.05) is 30.3 Å². The van der Waals surface area contributed by atoms with Gasteiger partial charge < -0.3 is 42.7 Å². The summed E-state index contributed by atoms with van der Waals surface area (Å²) in [7, 11) is 0. The fourth-order valence-electron chi connectivity index (χ4n) is 3.22. The minimum absolute atomic E-state index is 0.0811. The lowest BCUT2D eigenvalue weighted by molar-refractivity contribution is -0.145. The van der Waals surface area contributed by atoms with E-state index < -0.39 is 72.3 Å². The molecular weight excluding hydrogens is 490 g/mol. The normalized spacial score (nSPS) is 14.8. The number of amides is 4.